The van der Waals surface area contributed by atoms with Crippen LogP contribution < -0.4 is 0 Å². The quantitative estimate of drug-likeness (QED) is 0.682. The predicted octanol–water partition coefficient (Wildman–Crippen LogP) is 2.30. The molecule has 3 heteroatoms. The number of carboxylic acid groups (broad SMARTS) is 1. The van der Waals surface area contributed by atoms with Gasteiger partial charge >= 0.3 is 6.09 Å². The summed E-state index contributed by atoms with van der Waals surface area (Å²) in [4.78, 5) is 11.7. The summed E-state index contributed by atoms with van der Waals surface area (Å²) < 4.78 is 0. The molecule has 0 heterocycles. The van der Waals surface area contributed by atoms with E-state index < -0.39 is 6.09 Å². The van der Waals surface area contributed by atoms with E-state index in [4.69, 9.17) is 5.11 Å². The van der Waals surface area contributed by atoms with Crippen LogP contribution in [0.2, 0.25) is 0 Å². The summed E-state index contributed by atoms with van der Waals surface area (Å²) in [5, 5.41) is 8.60. The highest BCUT2D eigenvalue weighted by atomic mass is 16.4. The van der Waals surface area contributed by atoms with Crippen LogP contribution in [0.15, 0.2) is 11.8 Å². The van der Waals surface area contributed by atoms with Crippen molar-refractivity contribution in [1.29, 1.82) is 0 Å². The molecule has 1 amide bonds. The normalized spacial score (nSPS) is 11.4. The van der Waals surface area contributed by atoms with Gasteiger partial charge in [0.1, 0.15) is 0 Å². The fourth-order valence-electron chi connectivity index (χ4n) is 0.639. The first-order chi connectivity index (χ1) is 5.11. The van der Waals surface area contributed by atoms with Gasteiger partial charge in [0.15, 0.2) is 0 Å². The van der Waals surface area contributed by atoms with Crippen molar-refractivity contribution < 1.29 is 9.90 Å². The maximum absolute atomic E-state index is 10.5. The number of carbonyl (C=O) groups is 1. The Balaban J connectivity index is 4.17. The van der Waals surface area contributed by atoms with Crippen molar-refractivity contribution in [3.63, 3.8) is 0 Å². The molecule has 0 spiro atoms. The van der Waals surface area contributed by atoms with E-state index >= 15 is 0 Å². The smallest absolute Gasteiger partial charge is 0.411 e. The van der Waals surface area contributed by atoms with E-state index in [-0.39, 0.29) is 0 Å². The van der Waals surface area contributed by atoms with Crippen molar-refractivity contribution in [3.8, 4) is 0 Å². The molecule has 0 aromatic rings. The number of allylic oxidation sites excluding steroid dienone is 1. The molecule has 0 saturated heterocycles. The Hall–Kier alpha value is -0.990. The van der Waals surface area contributed by atoms with Gasteiger partial charge < -0.3 is 5.11 Å². The van der Waals surface area contributed by atoms with Crippen molar-refractivity contribution in [1.82, 2.24) is 4.90 Å². The first kappa shape index (κ1) is 10.0. The summed E-state index contributed by atoms with van der Waals surface area (Å²) in [5.41, 5.74) is 1.08. The van der Waals surface area contributed by atoms with Crippen molar-refractivity contribution >= 4 is 6.09 Å². The van der Waals surface area contributed by atoms with Crippen LogP contribution in [-0.4, -0.2) is 22.6 Å². The Kier molecular flexibility index (Phi) is 4.34. The Morgan fingerprint density at radius 1 is 1.55 bits per heavy atom. The van der Waals surface area contributed by atoms with Gasteiger partial charge in [0.05, 0.1) is 0 Å². The third kappa shape index (κ3) is 3.65. The van der Waals surface area contributed by atoms with Crippen LogP contribution in [0.25, 0.3) is 0 Å². The molecule has 0 aromatic heterocycles. The highest BCUT2D eigenvalue weighted by molar-refractivity contribution is 5.66. The highest BCUT2D eigenvalue weighted by Crippen LogP contribution is 2.01. The predicted molar refractivity (Wildman–Crippen MR) is 44.5 cm³/mol. The summed E-state index contributed by atoms with van der Waals surface area (Å²) >= 11 is 0. The number of nitrogens with zero attached hydrogens (tertiary/aromatic N) is 1. The van der Waals surface area contributed by atoms with E-state index in [1.165, 1.54) is 4.90 Å². The van der Waals surface area contributed by atoms with Gasteiger partial charge in [-0.15, -0.1) is 0 Å². The van der Waals surface area contributed by atoms with Crippen molar-refractivity contribution in [2.75, 3.05) is 6.54 Å². The van der Waals surface area contributed by atoms with Gasteiger partial charge in [0, 0.05) is 12.7 Å². The van der Waals surface area contributed by atoms with E-state index in [0.29, 0.717) is 6.54 Å². The molecule has 3 nitrogen and oxygen atoms in total. The molecular formula is C8H15NO2. The maximum Gasteiger partial charge on any atom is 0.411 e. The molecule has 0 aliphatic heterocycles. The van der Waals surface area contributed by atoms with Crippen LogP contribution in [-0.2, 0) is 0 Å². The summed E-state index contributed by atoms with van der Waals surface area (Å²) in [7, 11) is 0. The number of hydrogen-bond donors (Lipinski definition) is 1. The zero-order valence-corrected chi connectivity index (χ0v) is 7.29. The first-order valence-corrected chi connectivity index (χ1v) is 3.78. The lowest BCUT2D eigenvalue weighted by Gasteiger charge is -2.12. The molecule has 0 aliphatic rings. The second-order valence-corrected chi connectivity index (χ2v) is 2.40. The molecule has 0 aromatic carbocycles. The van der Waals surface area contributed by atoms with Crippen LogP contribution in [0.3, 0.4) is 0 Å². The van der Waals surface area contributed by atoms with Gasteiger partial charge in [0.2, 0.25) is 0 Å². The molecule has 0 rings (SSSR count). The molecule has 0 unspecified atom stereocenters. The number of rotatable bonds is 3. The van der Waals surface area contributed by atoms with E-state index in [9.17, 15) is 4.79 Å². The Morgan fingerprint density at radius 2 is 2.09 bits per heavy atom. The summed E-state index contributed by atoms with van der Waals surface area (Å²) in [5.74, 6) is 0. The third-order valence-electron chi connectivity index (χ3n) is 1.52. The van der Waals surface area contributed by atoms with E-state index in [1.54, 1.807) is 6.20 Å². The summed E-state index contributed by atoms with van der Waals surface area (Å²) in [6.45, 7) is 6.24. The molecule has 0 radical (unpaired) electrons. The minimum Gasteiger partial charge on any atom is -0.465 e. The van der Waals surface area contributed by atoms with Crippen molar-refractivity contribution in [2.45, 2.75) is 27.2 Å². The van der Waals surface area contributed by atoms with Crippen LogP contribution in [0.5, 0.6) is 0 Å². The first-order valence-electron chi connectivity index (χ1n) is 3.78. The molecule has 1 N–H and O–H groups in total. The zero-order chi connectivity index (χ0) is 8.85. The topological polar surface area (TPSA) is 40.5 Å². The maximum atomic E-state index is 10.5. The Labute approximate surface area is 67.3 Å². The summed E-state index contributed by atoms with van der Waals surface area (Å²) in [6, 6.07) is 0. The van der Waals surface area contributed by atoms with Crippen molar-refractivity contribution in [3.05, 3.63) is 11.8 Å². The van der Waals surface area contributed by atoms with Crippen LogP contribution in [0.4, 0.5) is 4.79 Å². The molecule has 0 fully saturated rings. The molecule has 64 valence electrons. The number of hydrogen-bond acceptors (Lipinski definition) is 1. The number of amides is 1. The average molecular weight is 157 g/mol. The fraction of sp³-hybridized carbons (Fsp3) is 0.625. The SMILES string of the molecule is CCC(C)=CN(CC)C(=O)O. The molecule has 0 bridgehead atoms. The van der Waals surface area contributed by atoms with Gasteiger partial charge in [-0.05, 0) is 20.3 Å². The molecule has 0 atom stereocenters. The third-order valence-corrected chi connectivity index (χ3v) is 1.52. The zero-order valence-electron chi connectivity index (χ0n) is 7.29. The average Bonchev–Trinajstić information content (AvgIpc) is 1.99. The van der Waals surface area contributed by atoms with E-state index in [1.807, 2.05) is 20.8 Å². The van der Waals surface area contributed by atoms with Gasteiger partial charge in [-0.3, -0.25) is 4.90 Å². The van der Waals surface area contributed by atoms with E-state index in [0.717, 1.165) is 12.0 Å². The minimum atomic E-state index is -0.889. The molecular weight excluding hydrogens is 142 g/mol. The fourth-order valence-corrected chi connectivity index (χ4v) is 0.639. The van der Waals surface area contributed by atoms with Gasteiger partial charge in [0.25, 0.3) is 0 Å². The standard InChI is InChI=1S/C8H15NO2/c1-4-7(3)6-9(5-2)8(10)11/h6H,4-5H2,1-3H3,(H,10,11). The highest BCUT2D eigenvalue weighted by Gasteiger charge is 2.04. The monoisotopic (exact) mass is 157 g/mol. The van der Waals surface area contributed by atoms with E-state index in [2.05, 4.69) is 0 Å². The lowest BCUT2D eigenvalue weighted by atomic mass is 10.2. The second kappa shape index (κ2) is 4.77. The van der Waals surface area contributed by atoms with Gasteiger partial charge in [-0.25, -0.2) is 4.79 Å². The lowest BCUT2D eigenvalue weighted by Crippen LogP contribution is -2.23. The second-order valence-electron chi connectivity index (χ2n) is 2.40. The van der Waals surface area contributed by atoms with Gasteiger partial charge in [-0.1, -0.05) is 12.5 Å². The lowest BCUT2D eigenvalue weighted by molar-refractivity contribution is 0.164. The summed E-state index contributed by atoms with van der Waals surface area (Å²) in [6.07, 6.45) is 1.67. The van der Waals surface area contributed by atoms with Crippen molar-refractivity contribution in [2.24, 2.45) is 0 Å². The minimum absolute atomic E-state index is 0.507. The van der Waals surface area contributed by atoms with Crippen LogP contribution in [0, 0.1) is 0 Å². The Bertz CT molecular complexity index is 163. The molecule has 0 aliphatic carbocycles. The largest absolute Gasteiger partial charge is 0.465 e. The van der Waals surface area contributed by atoms with Crippen LogP contribution >= 0.6 is 0 Å². The van der Waals surface area contributed by atoms with Gasteiger partial charge in [-0.2, -0.15) is 0 Å². The molecule has 0 saturated carbocycles. The molecule has 11 heavy (non-hydrogen) atoms. The van der Waals surface area contributed by atoms with Crippen LogP contribution in [0.1, 0.15) is 27.2 Å². The Morgan fingerprint density at radius 3 is 2.36 bits per heavy atom.